The van der Waals surface area contributed by atoms with Crippen LogP contribution in [0.25, 0.3) is 0 Å². The molecule has 0 spiro atoms. The quantitative estimate of drug-likeness (QED) is 0.609. The molecule has 2 aromatic carbocycles. The van der Waals surface area contributed by atoms with E-state index in [1.165, 1.54) is 0 Å². The lowest BCUT2D eigenvalue weighted by atomic mass is 9.96. The van der Waals surface area contributed by atoms with Crippen LogP contribution in [0, 0.1) is 0 Å². The molecule has 1 amide bonds. The van der Waals surface area contributed by atoms with Crippen molar-refractivity contribution in [3.63, 3.8) is 0 Å². The average Bonchev–Trinajstić information content (AvgIpc) is 3.32. The van der Waals surface area contributed by atoms with Crippen molar-refractivity contribution in [2.24, 2.45) is 0 Å². The average molecular weight is 309 g/mol. The van der Waals surface area contributed by atoms with Gasteiger partial charge < -0.3 is 14.4 Å². The number of ether oxygens (including phenoxy) is 1. The number of carbonyl (C=O) groups is 2. The SMILES string of the molecule is C[C@H]1O[C@H]1C(=O)N(CC=O)C(c1ccccc1)c1ccccc1. The molecule has 3 rings (SSSR count). The molecule has 0 aliphatic carbocycles. The highest BCUT2D eigenvalue weighted by atomic mass is 16.6. The summed E-state index contributed by atoms with van der Waals surface area (Å²) >= 11 is 0. The fraction of sp³-hybridized carbons (Fsp3) is 0.263. The van der Waals surface area contributed by atoms with Crippen LogP contribution in [0.1, 0.15) is 24.1 Å². The third kappa shape index (κ3) is 3.32. The van der Waals surface area contributed by atoms with Crippen LogP contribution in [0.4, 0.5) is 0 Å². The monoisotopic (exact) mass is 309 g/mol. The van der Waals surface area contributed by atoms with Gasteiger partial charge >= 0.3 is 0 Å². The third-order valence-electron chi connectivity index (χ3n) is 4.05. The van der Waals surface area contributed by atoms with Gasteiger partial charge in [0.25, 0.3) is 5.91 Å². The number of rotatable bonds is 6. The molecule has 0 saturated carbocycles. The predicted octanol–water partition coefficient (Wildman–Crippen LogP) is 2.59. The van der Waals surface area contributed by atoms with Gasteiger partial charge in [-0.1, -0.05) is 60.7 Å². The van der Waals surface area contributed by atoms with Crippen molar-refractivity contribution in [2.45, 2.75) is 25.2 Å². The number of nitrogens with zero attached hydrogens (tertiary/aromatic N) is 1. The molecular formula is C19H19NO3. The van der Waals surface area contributed by atoms with E-state index in [4.69, 9.17) is 4.74 Å². The van der Waals surface area contributed by atoms with E-state index in [9.17, 15) is 9.59 Å². The molecule has 2 atom stereocenters. The molecule has 1 saturated heterocycles. The van der Waals surface area contributed by atoms with Gasteiger partial charge in [0.15, 0.2) is 6.10 Å². The van der Waals surface area contributed by atoms with E-state index in [1.54, 1.807) is 4.90 Å². The fourth-order valence-electron chi connectivity index (χ4n) is 2.83. The number of benzene rings is 2. The van der Waals surface area contributed by atoms with Crippen molar-refractivity contribution in [3.8, 4) is 0 Å². The summed E-state index contributed by atoms with van der Waals surface area (Å²) in [6.45, 7) is 1.90. The Kier molecular flexibility index (Phi) is 4.53. The Balaban J connectivity index is 2.01. The van der Waals surface area contributed by atoms with E-state index in [-0.39, 0.29) is 24.6 Å². The van der Waals surface area contributed by atoms with E-state index in [0.717, 1.165) is 17.4 Å². The van der Waals surface area contributed by atoms with Gasteiger partial charge in [-0.25, -0.2) is 0 Å². The molecule has 118 valence electrons. The molecule has 1 fully saturated rings. The van der Waals surface area contributed by atoms with Crippen LogP contribution in [-0.4, -0.2) is 35.8 Å². The summed E-state index contributed by atoms with van der Waals surface area (Å²) < 4.78 is 5.32. The topological polar surface area (TPSA) is 49.9 Å². The summed E-state index contributed by atoms with van der Waals surface area (Å²) in [7, 11) is 0. The van der Waals surface area contributed by atoms with Gasteiger partial charge in [0.2, 0.25) is 0 Å². The van der Waals surface area contributed by atoms with Crippen LogP contribution < -0.4 is 0 Å². The minimum atomic E-state index is -0.440. The van der Waals surface area contributed by atoms with Crippen LogP contribution in [0.2, 0.25) is 0 Å². The fourth-order valence-corrected chi connectivity index (χ4v) is 2.83. The van der Waals surface area contributed by atoms with Crippen LogP contribution >= 0.6 is 0 Å². The smallest absolute Gasteiger partial charge is 0.255 e. The standard InChI is InChI=1S/C19H19NO3/c1-14-18(23-14)19(22)20(12-13-21)17(15-8-4-2-5-9-15)16-10-6-3-7-11-16/h2-11,13-14,17-18H,12H2,1H3/t14-,18-/m1/s1. The van der Waals surface area contributed by atoms with Gasteiger partial charge in [0.1, 0.15) is 6.29 Å². The Hall–Kier alpha value is -2.46. The van der Waals surface area contributed by atoms with Crippen LogP contribution in [-0.2, 0) is 14.3 Å². The number of epoxide rings is 1. The minimum Gasteiger partial charge on any atom is -0.359 e. The first kappa shape index (κ1) is 15.4. The van der Waals surface area contributed by atoms with Crippen LogP contribution in [0.3, 0.4) is 0 Å². The van der Waals surface area contributed by atoms with Crippen molar-refractivity contribution in [1.29, 1.82) is 0 Å². The zero-order valence-corrected chi connectivity index (χ0v) is 13.0. The van der Waals surface area contributed by atoms with Crippen molar-refractivity contribution in [1.82, 2.24) is 4.90 Å². The molecule has 2 aromatic rings. The number of carbonyl (C=O) groups excluding carboxylic acids is 2. The van der Waals surface area contributed by atoms with Crippen LogP contribution in [0.5, 0.6) is 0 Å². The molecule has 1 heterocycles. The van der Waals surface area contributed by atoms with Gasteiger partial charge in [-0.15, -0.1) is 0 Å². The predicted molar refractivity (Wildman–Crippen MR) is 86.8 cm³/mol. The molecule has 4 heteroatoms. The molecule has 4 nitrogen and oxygen atoms in total. The Labute approximate surface area is 135 Å². The van der Waals surface area contributed by atoms with Crippen molar-refractivity contribution in [3.05, 3.63) is 71.8 Å². The molecule has 0 radical (unpaired) electrons. The van der Waals surface area contributed by atoms with Gasteiger partial charge in [-0.2, -0.15) is 0 Å². The first-order chi connectivity index (χ1) is 11.2. The summed E-state index contributed by atoms with van der Waals surface area (Å²) in [4.78, 5) is 25.5. The van der Waals surface area contributed by atoms with E-state index in [0.29, 0.717) is 0 Å². The second-order valence-electron chi connectivity index (χ2n) is 5.64. The highest BCUT2D eigenvalue weighted by molar-refractivity contribution is 5.86. The maximum atomic E-state index is 12.7. The van der Waals surface area contributed by atoms with Gasteiger partial charge in [0.05, 0.1) is 18.7 Å². The zero-order chi connectivity index (χ0) is 16.2. The van der Waals surface area contributed by atoms with Crippen LogP contribution in [0.15, 0.2) is 60.7 Å². The summed E-state index contributed by atoms with van der Waals surface area (Å²) in [6.07, 6.45) is 0.248. The van der Waals surface area contributed by atoms with E-state index in [1.807, 2.05) is 67.6 Å². The maximum absolute atomic E-state index is 12.7. The molecule has 1 aliphatic heterocycles. The first-order valence-corrected chi connectivity index (χ1v) is 7.72. The van der Waals surface area contributed by atoms with Gasteiger partial charge in [-0.3, -0.25) is 4.79 Å². The normalized spacial score (nSPS) is 19.4. The largest absolute Gasteiger partial charge is 0.359 e. The van der Waals surface area contributed by atoms with E-state index in [2.05, 4.69) is 0 Å². The Morgan fingerprint density at radius 1 is 1.09 bits per heavy atom. The number of amides is 1. The maximum Gasteiger partial charge on any atom is 0.255 e. The Morgan fingerprint density at radius 3 is 1.96 bits per heavy atom. The second kappa shape index (κ2) is 6.75. The highest BCUT2D eigenvalue weighted by Crippen LogP contribution is 2.32. The highest BCUT2D eigenvalue weighted by Gasteiger charge is 2.45. The Morgan fingerprint density at radius 2 is 1.57 bits per heavy atom. The lowest BCUT2D eigenvalue weighted by Gasteiger charge is -2.31. The summed E-state index contributed by atoms with van der Waals surface area (Å²) in [6, 6.07) is 19.2. The molecule has 0 unspecified atom stereocenters. The van der Waals surface area contributed by atoms with Gasteiger partial charge in [-0.05, 0) is 18.1 Å². The molecule has 0 aromatic heterocycles. The van der Waals surface area contributed by atoms with Crippen molar-refractivity contribution in [2.75, 3.05) is 6.54 Å². The Bertz CT molecular complexity index is 632. The number of hydrogen-bond donors (Lipinski definition) is 0. The minimum absolute atomic E-state index is 0.0415. The summed E-state index contributed by atoms with van der Waals surface area (Å²) in [5, 5.41) is 0. The lowest BCUT2D eigenvalue weighted by molar-refractivity contribution is -0.136. The zero-order valence-electron chi connectivity index (χ0n) is 13.0. The van der Waals surface area contributed by atoms with Crippen molar-refractivity contribution < 1.29 is 14.3 Å². The molecule has 23 heavy (non-hydrogen) atoms. The lowest BCUT2D eigenvalue weighted by Crippen LogP contribution is -2.40. The number of hydrogen-bond acceptors (Lipinski definition) is 3. The van der Waals surface area contributed by atoms with Gasteiger partial charge in [0, 0.05) is 0 Å². The molecule has 1 aliphatic rings. The van der Waals surface area contributed by atoms with E-state index < -0.39 is 6.10 Å². The first-order valence-electron chi connectivity index (χ1n) is 7.72. The second-order valence-corrected chi connectivity index (χ2v) is 5.64. The summed E-state index contributed by atoms with van der Waals surface area (Å²) in [5.74, 6) is -0.137. The number of aldehydes is 1. The molecular weight excluding hydrogens is 290 g/mol. The van der Waals surface area contributed by atoms with E-state index >= 15 is 0 Å². The van der Waals surface area contributed by atoms with Crippen molar-refractivity contribution >= 4 is 12.2 Å². The molecule has 0 bridgehead atoms. The summed E-state index contributed by atoms with van der Waals surface area (Å²) in [5.41, 5.74) is 1.95. The molecule has 0 N–H and O–H groups in total. The third-order valence-corrected chi connectivity index (χ3v) is 4.05.